The summed E-state index contributed by atoms with van der Waals surface area (Å²) in [5, 5.41) is 8.80. The molecule has 0 aromatic heterocycles. The monoisotopic (exact) mass is 221 g/mol. The van der Waals surface area contributed by atoms with Crippen LogP contribution in [0, 0.1) is 5.41 Å². The first-order valence-electron chi connectivity index (χ1n) is 5.12. The average Bonchev–Trinajstić information content (AvgIpc) is 2.83. The molecule has 1 aliphatic carbocycles. The van der Waals surface area contributed by atoms with Crippen molar-refractivity contribution in [1.82, 2.24) is 4.72 Å². The molecule has 0 bridgehead atoms. The maximum Gasteiger partial charge on any atom is 0.211 e. The maximum atomic E-state index is 11.3. The Morgan fingerprint density at radius 1 is 1.43 bits per heavy atom. The Morgan fingerprint density at radius 2 is 2.07 bits per heavy atom. The molecule has 0 aromatic carbocycles. The van der Waals surface area contributed by atoms with E-state index in [2.05, 4.69) is 4.72 Å². The van der Waals surface area contributed by atoms with Gasteiger partial charge in [0.1, 0.15) is 0 Å². The van der Waals surface area contributed by atoms with E-state index in [1.165, 1.54) is 0 Å². The Balaban J connectivity index is 2.33. The molecule has 0 aliphatic heterocycles. The molecule has 4 nitrogen and oxygen atoms in total. The van der Waals surface area contributed by atoms with Crippen LogP contribution in [0.2, 0.25) is 0 Å². The SMILES string of the molecule is CCCS(=O)(=O)NCC1(CCO)CC1. The number of hydrogen-bond acceptors (Lipinski definition) is 3. The van der Waals surface area contributed by atoms with Gasteiger partial charge in [-0.3, -0.25) is 0 Å². The van der Waals surface area contributed by atoms with Crippen molar-refractivity contribution in [3.05, 3.63) is 0 Å². The van der Waals surface area contributed by atoms with Crippen molar-refractivity contribution in [2.75, 3.05) is 18.9 Å². The molecular weight excluding hydrogens is 202 g/mol. The lowest BCUT2D eigenvalue weighted by Crippen LogP contribution is -2.32. The highest BCUT2D eigenvalue weighted by Gasteiger charge is 2.42. The summed E-state index contributed by atoms with van der Waals surface area (Å²) < 4.78 is 25.3. The molecule has 0 heterocycles. The standard InChI is InChI=1S/C9H19NO3S/c1-2-7-14(12,13)10-8-9(3-4-9)5-6-11/h10-11H,2-8H2,1H3. The maximum absolute atomic E-state index is 11.3. The van der Waals surface area contributed by atoms with Crippen LogP contribution in [0.25, 0.3) is 0 Å². The van der Waals surface area contributed by atoms with Crippen molar-refractivity contribution < 1.29 is 13.5 Å². The van der Waals surface area contributed by atoms with Crippen LogP contribution in [-0.2, 0) is 10.0 Å². The van der Waals surface area contributed by atoms with Crippen LogP contribution in [0.5, 0.6) is 0 Å². The molecule has 0 saturated heterocycles. The van der Waals surface area contributed by atoms with Gasteiger partial charge in [-0.2, -0.15) is 0 Å². The minimum absolute atomic E-state index is 0.0650. The summed E-state index contributed by atoms with van der Waals surface area (Å²) in [5.74, 6) is 0.197. The zero-order valence-corrected chi connectivity index (χ0v) is 9.44. The van der Waals surface area contributed by atoms with E-state index >= 15 is 0 Å². The third-order valence-corrected chi connectivity index (χ3v) is 4.27. The fraction of sp³-hybridized carbons (Fsp3) is 1.00. The van der Waals surface area contributed by atoms with Crippen molar-refractivity contribution in [2.45, 2.75) is 32.6 Å². The van der Waals surface area contributed by atoms with Gasteiger partial charge in [0.2, 0.25) is 10.0 Å². The van der Waals surface area contributed by atoms with Gasteiger partial charge in [-0.25, -0.2) is 13.1 Å². The Labute approximate surface area is 85.8 Å². The predicted octanol–water partition coefficient (Wildman–Crippen LogP) is 0.478. The van der Waals surface area contributed by atoms with E-state index in [0.717, 1.165) is 12.8 Å². The van der Waals surface area contributed by atoms with Crippen molar-refractivity contribution in [3.8, 4) is 0 Å². The van der Waals surface area contributed by atoms with Crippen LogP contribution < -0.4 is 4.72 Å². The molecule has 0 radical (unpaired) electrons. The molecule has 14 heavy (non-hydrogen) atoms. The Kier molecular flexibility index (Phi) is 3.92. The average molecular weight is 221 g/mol. The van der Waals surface area contributed by atoms with Crippen molar-refractivity contribution in [3.63, 3.8) is 0 Å². The van der Waals surface area contributed by atoms with Gasteiger partial charge in [-0.05, 0) is 31.1 Å². The quantitative estimate of drug-likeness (QED) is 0.657. The minimum atomic E-state index is -3.07. The van der Waals surface area contributed by atoms with E-state index in [4.69, 9.17) is 5.11 Å². The predicted molar refractivity (Wildman–Crippen MR) is 55.5 cm³/mol. The number of rotatable bonds is 7. The van der Waals surface area contributed by atoms with Gasteiger partial charge >= 0.3 is 0 Å². The summed E-state index contributed by atoms with van der Waals surface area (Å²) in [6.07, 6.45) is 3.41. The highest BCUT2D eigenvalue weighted by Crippen LogP contribution is 2.47. The summed E-state index contributed by atoms with van der Waals surface area (Å²) in [6, 6.07) is 0. The van der Waals surface area contributed by atoms with E-state index in [1.54, 1.807) is 0 Å². The van der Waals surface area contributed by atoms with Crippen molar-refractivity contribution >= 4 is 10.0 Å². The molecule has 0 atom stereocenters. The first kappa shape index (κ1) is 11.9. The van der Waals surface area contributed by atoms with Gasteiger partial charge < -0.3 is 5.11 Å². The molecule has 0 spiro atoms. The number of aliphatic hydroxyl groups excluding tert-OH is 1. The normalized spacial score (nSPS) is 19.6. The number of hydrogen-bond donors (Lipinski definition) is 2. The second kappa shape index (κ2) is 4.59. The fourth-order valence-corrected chi connectivity index (χ4v) is 2.74. The molecule has 0 amide bonds. The van der Waals surface area contributed by atoms with E-state index in [1.807, 2.05) is 6.92 Å². The van der Waals surface area contributed by atoms with Crippen molar-refractivity contribution in [2.24, 2.45) is 5.41 Å². The summed E-state index contributed by atoms with van der Waals surface area (Å²) >= 11 is 0. The van der Waals surface area contributed by atoms with Crippen LogP contribution in [0.1, 0.15) is 32.6 Å². The van der Waals surface area contributed by atoms with E-state index in [-0.39, 0.29) is 17.8 Å². The molecule has 0 unspecified atom stereocenters. The van der Waals surface area contributed by atoms with E-state index in [0.29, 0.717) is 19.4 Å². The Bertz CT molecular complexity index is 270. The molecule has 1 rings (SSSR count). The Hall–Kier alpha value is -0.130. The van der Waals surface area contributed by atoms with Crippen molar-refractivity contribution in [1.29, 1.82) is 0 Å². The smallest absolute Gasteiger partial charge is 0.211 e. The molecule has 1 fully saturated rings. The van der Waals surface area contributed by atoms with Gasteiger partial charge in [0.15, 0.2) is 0 Å². The lowest BCUT2D eigenvalue weighted by atomic mass is 10.0. The summed E-state index contributed by atoms with van der Waals surface area (Å²) in [6.45, 7) is 2.49. The Morgan fingerprint density at radius 3 is 2.50 bits per heavy atom. The highest BCUT2D eigenvalue weighted by molar-refractivity contribution is 7.89. The number of nitrogens with one attached hydrogen (secondary N) is 1. The van der Waals surface area contributed by atoms with E-state index < -0.39 is 10.0 Å². The highest BCUT2D eigenvalue weighted by atomic mass is 32.2. The van der Waals surface area contributed by atoms with Gasteiger partial charge in [-0.15, -0.1) is 0 Å². The zero-order chi connectivity index (χ0) is 10.7. The molecule has 0 aromatic rings. The molecule has 1 saturated carbocycles. The molecule has 84 valence electrons. The number of sulfonamides is 1. The fourth-order valence-electron chi connectivity index (χ4n) is 1.53. The zero-order valence-electron chi connectivity index (χ0n) is 8.62. The van der Waals surface area contributed by atoms with Gasteiger partial charge in [0.25, 0.3) is 0 Å². The van der Waals surface area contributed by atoms with Crippen LogP contribution in [-0.4, -0.2) is 32.4 Å². The topological polar surface area (TPSA) is 66.4 Å². The molecule has 5 heteroatoms. The first-order valence-corrected chi connectivity index (χ1v) is 6.77. The number of aliphatic hydroxyl groups is 1. The van der Waals surface area contributed by atoms with Gasteiger partial charge in [-0.1, -0.05) is 6.92 Å². The first-order chi connectivity index (χ1) is 6.54. The van der Waals surface area contributed by atoms with E-state index in [9.17, 15) is 8.42 Å². The molecule has 1 aliphatic rings. The minimum Gasteiger partial charge on any atom is -0.396 e. The third-order valence-electron chi connectivity index (χ3n) is 2.74. The largest absolute Gasteiger partial charge is 0.396 e. The second-order valence-electron chi connectivity index (χ2n) is 4.11. The summed E-state index contributed by atoms with van der Waals surface area (Å²) in [7, 11) is -3.07. The third kappa shape index (κ3) is 3.55. The van der Waals surface area contributed by atoms with Crippen LogP contribution >= 0.6 is 0 Å². The molecule has 2 N–H and O–H groups in total. The van der Waals surface area contributed by atoms with Gasteiger partial charge in [0.05, 0.1) is 5.75 Å². The lowest BCUT2D eigenvalue weighted by molar-refractivity contribution is 0.249. The van der Waals surface area contributed by atoms with Crippen LogP contribution in [0.4, 0.5) is 0 Å². The van der Waals surface area contributed by atoms with Gasteiger partial charge in [0, 0.05) is 13.2 Å². The summed E-state index contributed by atoms with van der Waals surface area (Å²) in [4.78, 5) is 0. The summed E-state index contributed by atoms with van der Waals surface area (Å²) in [5.41, 5.74) is 0.0650. The van der Waals surface area contributed by atoms with Crippen LogP contribution in [0.15, 0.2) is 0 Å². The van der Waals surface area contributed by atoms with Crippen LogP contribution in [0.3, 0.4) is 0 Å². The lowest BCUT2D eigenvalue weighted by Gasteiger charge is -2.14. The second-order valence-corrected chi connectivity index (χ2v) is 6.04. The molecular formula is C9H19NO3S.